The van der Waals surface area contributed by atoms with Gasteiger partial charge in [0.1, 0.15) is 0 Å². The van der Waals surface area contributed by atoms with Crippen molar-refractivity contribution in [2.45, 2.75) is 65.2 Å². The summed E-state index contributed by atoms with van der Waals surface area (Å²) < 4.78 is 24.1. The lowest BCUT2D eigenvalue weighted by atomic mass is 10.0. The predicted octanol–water partition coefficient (Wildman–Crippen LogP) is 8.05. The molecule has 2 aromatic carbocycles. The standard InChI is InChI=1S/C26H37BrO4/c1-5-7-9-11-15-30-23-14-13-20(17-26(23)31-16-12-10-8-6-2)21-18-24(28-3)25(29-4)19-22(21)27/h13-14,17-19H,5-12,15-16H2,1-4H3. The van der Waals surface area contributed by atoms with E-state index in [1.54, 1.807) is 14.2 Å². The summed E-state index contributed by atoms with van der Waals surface area (Å²) in [5.41, 5.74) is 2.05. The van der Waals surface area contributed by atoms with Crippen molar-refractivity contribution in [2.24, 2.45) is 0 Å². The van der Waals surface area contributed by atoms with Crippen LogP contribution in [0.2, 0.25) is 0 Å². The van der Waals surface area contributed by atoms with Crippen LogP contribution in [0.1, 0.15) is 65.2 Å². The first kappa shape index (κ1) is 25.4. The molecule has 2 rings (SSSR count). The second kappa shape index (κ2) is 14.2. The van der Waals surface area contributed by atoms with Gasteiger partial charge in [0.15, 0.2) is 23.0 Å². The van der Waals surface area contributed by atoms with Gasteiger partial charge in [-0.15, -0.1) is 0 Å². The molecule has 0 radical (unpaired) electrons. The number of methoxy groups -OCH3 is 2. The van der Waals surface area contributed by atoms with E-state index in [1.807, 2.05) is 18.2 Å². The molecular formula is C26H37BrO4. The number of hydrogen-bond acceptors (Lipinski definition) is 4. The van der Waals surface area contributed by atoms with Gasteiger partial charge in [-0.3, -0.25) is 0 Å². The van der Waals surface area contributed by atoms with E-state index in [4.69, 9.17) is 18.9 Å². The van der Waals surface area contributed by atoms with Crippen molar-refractivity contribution in [3.8, 4) is 34.1 Å². The summed E-state index contributed by atoms with van der Waals surface area (Å²) in [6.45, 7) is 5.85. The van der Waals surface area contributed by atoms with Crippen LogP contribution in [0.15, 0.2) is 34.8 Å². The van der Waals surface area contributed by atoms with Crippen LogP contribution in [0.25, 0.3) is 11.1 Å². The number of benzene rings is 2. The van der Waals surface area contributed by atoms with Gasteiger partial charge in [-0.25, -0.2) is 0 Å². The Morgan fingerprint density at radius 2 is 1.23 bits per heavy atom. The molecule has 0 aliphatic rings. The molecule has 5 heteroatoms. The van der Waals surface area contributed by atoms with Crippen molar-refractivity contribution in [1.29, 1.82) is 0 Å². The number of hydrogen-bond donors (Lipinski definition) is 0. The fraction of sp³-hybridized carbons (Fsp3) is 0.538. The average molecular weight is 493 g/mol. The molecule has 0 heterocycles. The minimum Gasteiger partial charge on any atom is -0.493 e. The Balaban J connectivity index is 2.23. The molecule has 31 heavy (non-hydrogen) atoms. The third-order valence-corrected chi connectivity index (χ3v) is 5.89. The van der Waals surface area contributed by atoms with Crippen molar-refractivity contribution in [3.05, 3.63) is 34.8 Å². The van der Waals surface area contributed by atoms with Crippen LogP contribution in [0.5, 0.6) is 23.0 Å². The minimum atomic E-state index is 0.692. The van der Waals surface area contributed by atoms with E-state index in [-0.39, 0.29) is 0 Å². The van der Waals surface area contributed by atoms with Crippen molar-refractivity contribution >= 4 is 15.9 Å². The predicted molar refractivity (Wildman–Crippen MR) is 132 cm³/mol. The van der Waals surface area contributed by atoms with Gasteiger partial charge in [-0.05, 0) is 48.2 Å². The minimum absolute atomic E-state index is 0.692. The van der Waals surface area contributed by atoms with Crippen LogP contribution in [-0.4, -0.2) is 27.4 Å². The zero-order valence-corrected chi connectivity index (χ0v) is 21.1. The number of halogens is 1. The van der Waals surface area contributed by atoms with E-state index < -0.39 is 0 Å². The van der Waals surface area contributed by atoms with Gasteiger partial charge in [0.05, 0.1) is 27.4 Å². The van der Waals surface area contributed by atoms with Crippen molar-refractivity contribution in [1.82, 2.24) is 0 Å². The normalized spacial score (nSPS) is 10.7. The lowest BCUT2D eigenvalue weighted by Crippen LogP contribution is -2.03. The topological polar surface area (TPSA) is 36.9 Å². The van der Waals surface area contributed by atoms with E-state index in [0.29, 0.717) is 24.7 Å². The van der Waals surface area contributed by atoms with Gasteiger partial charge >= 0.3 is 0 Å². The SMILES string of the molecule is CCCCCCOc1ccc(-c2cc(OC)c(OC)cc2Br)cc1OCCCCCC. The second-order valence-electron chi connectivity index (χ2n) is 7.67. The van der Waals surface area contributed by atoms with Crippen LogP contribution in [0.3, 0.4) is 0 Å². The Morgan fingerprint density at radius 3 is 1.81 bits per heavy atom. The Bertz CT molecular complexity index is 791. The quantitative estimate of drug-likeness (QED) is 0.235. The highest BCUT2D eigenvalue weighted by molar-refractivity contribution is 9.10. The van der Waals surface area contributed by atoms with E-state index in [0.717, 1.165) is 39.9 Å². The summed E-state index contributed by atoms with van der Waals surface area (Å²) in [6, 6.07) is 10.1. The first-order valence-corrected chi connectivity index (χ1v) is 12.2. The molecule has 0 aliphatic heterocycles. The van der Waals surface area contributed by atoms with Gasteiger partial charge in [-0.2, -0.15) is 0 Å². The molecule has 0 N–H and O–H groups in total. The number of unbranched alkanes of at least 4 members (excludes halogenated alkanes) is 6. The van der Waals surface area contributed by atoms with Crippen molar-refractivity contribution in [3.63, 3.8) is 0 Å². The van der Waals surface area contributed by atoms with Crippen molar-refractivity contribution < 1.29 is 18.9 Å². The molecule has 0 aromatic heterocycles. The van der Waals surface area contributed by atoms with Crippen molar-refractivity contribution in [2.75, 3.05) is 27.4 Å². The summed E-state index contributed by atoms with van der Waals surface area (Å²) >= 11 is 3.67. The third kappa shape index (κ3) is 7.95. The Hall–Kier alpha value is -1.88. The van der Waals surface area contributed by atoms with Crippen LogP contribution < -0.4 is 18.9 Å². The molecule has 0 bridgehead atoms. The highest BCUT2D eigenvalue weighted by atomic mass is 79.9. The van der Waals surface area contributed by atoms with Gasteiger partial charge in [0, 0.05) is 4.47 Å². The number of ether oxygens (including phenoxy) is 4. The molecule has 0 aliphatic carbocycles. The Labute approximate surface area is 196 Å². The highest BCUT2D eigenvalue weighted by Gasteiger charge is 2.14. The molecular weight excluding hydrogens is 456 g/mol. The van der Waals surface area contributed by atoms with Gasteiger partial charge in [0.25, 0.3) is 0 Å². The largest absolute Gasteiger partial charge is 0.493 e. The maximum atomic E-state index is 6.17. The third-order valence-electron chi connectivity index (χ3n) is 5.24. The first-order valence-electron chi connectivity index (χ1n) is 11.5. The van der Waals surface area contributed by atoms with Gasteiger partial charge in [-0.1, -0.05) is 74.4 Å². The molecule has 0 fully saturated rings. The maximum Gasteiger partial charge on any atom is 0.161 e. The fourth-order valence-electron chi connectivity index (χ4n) is 3.40. The zero-order chi connectivity index (χ0) is 22.5. The average Bonchev–Trinajstić information content (AvgIpc) is 2.79. The first-order chi connectivity index (χ1) is 15.1. The van der Waals surface area contributed by atoms with Crippen LogP contribution in [0.4, 0.5) is 0 Å². The lowest BCUT2D eigenvalue weighted by Gasteiger charge is -2.16. The molecule has 0 amide bonds. The Kier molecular flexibility index (Phi) is 11.7. The molecule has 0 saturated carbocycles. The van der Waals surface area contributed by atoms with E-state index in [2.05, 4.69) is 41.9 Å². The van der Waals surface area contributed by atoms with E-state index >= 15 is 0 Å². The molecule has 0 saturated heterocycles. The molecule has 0 spiro atoms. The molecule has 4 nitrogen and oxygen atoms in total. The van der Waals surface area contributed by atoms with Crippen LogP contribution >= 0.6 is 15.9 Å². The summed E-state index contributed by atoms with van der Waals surface area (Å²) in [5, 5.41) is 0. The lowest BCUT2D eigenvalue weighted by molar-refractivity contribution is 0.259. The highest BCUT2D eigenvalue weighted by Crippen LogP contribution is 2.41. The molecule has 172 valence electrons. The van der Waals surface area contributed by atoms with E-state index in [9.17, 15) is 0 Å². The van der Waals surface area contributed by atoms with Crippen LogP contribution in [-0.2, 0) is 0 Å². The monoisotopic (exact) mass is 492 g/mol. The molecule has 0 atom stereocenters. The maximum absolute atomic E-state index is 6.17. The van der Waals surface area contributed by atoms with Gasteiger partial charge < -0.3 is 18.9 Å². The zero-order valence-electron chi connectivity index (χ0n) is 19.5. The second-order valence-corrected chi connectivity index (χ2v) is 8.52. The van der Waals surface area contributed by atoms with Crippen LogP contribution in [0, 0.1) is 0 Å². The smallest absolute Gasteiger partial charge is 0.161 e. The Morgan fingerprint density at radius 1 is 0.645 bits per heavy atom. The molecule has 0 unspecified atom stereocenters. The summed E-state index contributed by atoms with van der Waals surface area (Å²) in [7, 11) is 3.29. The fourth-order valence-corrected chi connectivity index (χ4v) is 3.96. The summed E-state index contributed by atoms with van der Waals surface area (Å²) in [4.78, 5) is 0. The van der Waals surface area contributed by atoms with E-state index in [1.165, 1.54) is 38.5 Å². The number of rotatable bonds is 15. The van der Waals surface area contributed by atoms with Gasteiger partial charge in [0.2, 0.25) is 0 Å². The summed E-state index contributed by atoms with van der Waals surface area (Å²) in [6.07, 6.45) is 9.42. The summed E-state index contributed by atoms with van der Waals surface area (Å²) in [5.74, 6) is 3.00. The molecule has 2 aromatic rings.